The van der Waals surface area contributed by atoms with Crippen molar-refractivity contribution in [3.63, 3.8) is 0 Å². The normalized spacial score (nSPS) is 13.0. The largest absolute Gasteiger partial charge is 0.425 e. The average Bonchev–Trinajstić information content (AvgIpc) is 3.58. The molecule has 88 heavy (non-hydrogen) atoms. The molecule has 3 aromatic heterocycles. The Hall–Kier alpha value is -7.30. The van der Waals surface area contributed by atoms with Crippen LogP contribution in [-0.4, -0.2) is 182 Å². The third-order valence-corrected chi connectivity index (χ3v) is 15.5. The predicted octanol–water partition coefficient (Wildman–Crippen LogP) is 0.300. The topological polar surface area (TPSA) is 379 Å². The van der Waals surface area contributed by atoms with Crippen molar-refractivity contribution < 1.29 is 44.4 Å². The Kier molecular flexibility index (Phi) is 29.8. The van der Waals surface area contributed by atoms with Crippen molar-refractivity contribution in [1.82, 2.24) is 81.9 Å². The van der Waals surface area contributed by atoms with Crippen LogP contribution in [0.3, 0.4) is 0 Å². The van der Waals surface area contributed by atoms with E-state index in [1.807, 2.05) is 67.2 Å². The van der Waals surface area contributed by atoms with E-state index >= 15 is 0 Å². The summed E-state index contributed by atoms with van der Waals surface area (Å²) in [5.41, 5.74) is -0.329. The van der Waals surface area contributed by atoms with E-state index in [2.05, 4.69) is 62.8 Å². The van der Waals surface area contributed by atoms with Crippen molar-refractivity contribution in [3.8, 4) is 0 Å². The summed E-state index contributed by atoms with van der Waals surface area (Å²) in [5, 5.41) is 58.0. The smallest absolute Gasteiger partial charge is 0.304 e. The fraction of sp³-hybridized carbons (Fsp3) is 0.700. The molecule has 0 saturated heterocycles. The van der Waals surface area contributed by atoms with E-state index < -0.39 is 16.7 Å². The molecule has 0 aromatic carbocycles. The Balaban J connectivity index is 1.52. The van der Waals surface area contributed by atoms with Crippen molar-refractivity contribution in [2.75, 3.05) is 78.5 Å². The van der Waals surface area contributed by atoms with Gasteiger partial charge in [-0.15, -0.1) is 14.2 Å². The van der Waals surface area contributed by atoms with Crippen molar-refractivity contribution in [1.29, 1.82) is 0 Å². The zero-order valence-corrected chi connectivity index (χ0v) is 54.7. The third kappa shape index (κ3) is 25.4. The van der Waals surface area contributed by atoms with Crippen molar-refractivity contribution in [3.05, 3.63) is 82.3 Å². The standard InChI is InChI=1S/C60H102N16O12/c1-37-40(4)74(86)55(83)43(67-37)16-19-52(80)70-46(58(7,8)9)34-61-25-22-49(77)64-28-31-73(32-29-65-50(78)23-26-62-35-47(59(10,11)12)71-53(81)20-17-44-56(84)75(87)41(5)38(2)68-44)33-30-66-51(79)24-27-63-36-48(60(13,14)15)72-54(82)21-18-45-57(85)76(88)42(6)39(3)69-45/h46-48,61-63,86-88H,16-36H2,1-15H3,(H,64,77)(H,65,78)(H,66,79)(H,70,80)(H,71,81)(H,72,82)/t46-,47-,48-/m1/s1. The Morgan fingerprint density at radius 3 is 0.864 bits per heavy atom. The molecule has 0 saturated carbocycles. The van der Waals surface area contributed by atoms with E-state index in [9.17, 15) is 58.8 Å². The summed E-state index contributed by atoms with van der Waals surface area (Å²) in [6, 6.07) is -0.951. The number of amides is 6. The van der Waals surface area contributed by atoms with E-state index in [1.54, 1.807) is 41.5 Å². The van der Waals surface area contributed by atoms with Gasteiger partial charge in [-0.05, 0) is 57.8 Å². The van der Waals surface area contributed by atoms with Crippen LogP contribution in [0.5, 0.6) is 0 Å². The highest BCUT2D eigenvalue weighted by Gasteiger charge is 2.29. The zero-order chi connectivity index (χ0) is 66.3. The second-order valence-corrected chi connectivity index (χ2v) is 25.8. The number of aromatic nitrogens is 6. The van der Waals surface area contributed by atoms with Gasteiger partial charge >= 0.3 is 16.7 Å². The molecule has 3 heterocycles. The van der Waals surface area contributed by atoms with Gasteiger partial charge in [0, 0.05) is 154 Å². The third-order valence-electron chi connectivity index (χ3n) is 15.5. The van der Waals surface area contributed by atoms with E-state index in [-0.39, 0.29) is 164 Å². The number of hydrogen-bond acceptors (Lipinski definition) is 19. The Labute approximate surface area is 516 Å². The molecule has 6 amide bonds. The first-order valence-corrected chi connectivity index (χ1v) is 30.4. The fourth-order valence-corrected chi connectivity index (χ4v) is 8.99. The van der Waals surface area contributed by atoms with Gasteiger partial charge < -0.3 is 63.5 Å². The monoisotopic (exact) mass is 1240 g/mol. The maximum atomic E-state index is 13.1. The first-order chi connectivity index (χ1) is 41.0. The second kappa shape index (κ2) is 35.0. The Morgan fingerprint density at radius 2 is 0.636 bits per heavy atom. The molecule has 0 fully saturated rings. The average molecular weight is 1240 g/mol. The number of aryl methyl sites for hydroxylation is 6. The molecule has 0 aliphatic heterocycles. The summed E-state index contributed by atoms with van der Waals surface area (Å²) >= 11 is 0. The van der Waals surface area contributed by atoms with Crippen molar-refractivity contribution in [2.45, 2.75) is 180 Å². The van der Waals surface area contributed by atoms with Crippen molar-refractivity contribution >= 4 is 35.4 Å². The number of rotatable bonds is 36. The number of hydrogen-bond donors (Lipinski definition) is 12. The highest BCUT2D eigenvalue weighted by atomic mass is 16.5. The quantitative estimate of drug-likeness (QED) is 0.0275. The molecule has 0 aliphatic rings. The van der Waals surface area contributed by atoms with Gasteiger partial charge in [-0.25, -0.2) is 0 Å². The number of carbonyl (C=O) groups excluding carboxylic acids is 6. The van der Waals surface area contributed by atoms with Gasteiger partial charge in [0.2, 0.25) is 35.4 Å². The molecule has 0 spiro atoms. The molecular formula is C60H102N16O12. The highest BCUT2D eigenvalue weighted by molar-refractivity contribution is 5.78. The van der Waals surface area contributed by atoms with Crippen molar-refractivity contribution in [2.24, 2.45) is 16.2 Å². The second-order valence-electron chi connectivity index (χ2n) is 25.8. The van der Waals surface area contributed by atoms with Crippen LogP contribution in [-0.2, 0) is 48.0 Å². The highest BCUT2D eigenvalue weighted by Crippen LogP contribution is 2.21. The fourth-order valence-electron chi connectivity index (χ4n) is 8.99. The van der Waals surface area contributed by atoms with Gasteiger partial charge in [0.05, 0.1) is 34.2 Å². The lowest BCUT2D eigenvalue weighted by Gasteiger charge is -2.32. The molecule has 494 valence electrons. The van der Waals surface area contributed by atoms with Crippen LogP contribution in [0, 0.1) is 57.8 Å². The van der Waals surface area contributed by atoms with Crippen LogP contribution in [0.1, 0.15) is 152 Å². The number of carbonyl (C=O) groups is 6. The minimum absolute atomic E-state index is 0.0114. The summed E-state index contributed by atoms with van der Waals surface area (Å²) in [5.74, 6) is -1.48. The van der Waals surface area contributed by atoms with Gasteiger partial charge in [-0.2, -0.15) is 0 Å². The number of nitrogens with zero attached hydrogens (tertiary/aromatic N) is 7. The molecule has 28 heteroatoms. The maximum Gasteiger partial charge on any atom is 0.304 e. The molecule has 3 rings (SSSR count). The molecule has 0 radical (unpaired) electrons. The number of nitrogens with one attached hydrogen (secondary N) is 9. The summed E-state index contributed by atoms with van der Waals surface area (Å²) in [6.45, 7) is 31.7. The van der Waals surface area contributed by atoms with Crippen LogP contribution in [0.4, 0.5) is 0 Å². The molecule has 28 nitrogen and oxygen atoms in total. The Morgan fingerprint density at radius 1 is 0.398 bits per heavy atom. The zero-order valence-electron chi connectivity index (χ0n) is 54.7. The van der Waals surface area contributed by atoms with Gasteiger partial charge in [-0.3, -0.25) is 63.0 Å². The molecule has 0 bridgehead atoms. The molecule has 0 unspecified atom stereocenters. The van der Waals surface area contributed by atoms with Gasteiger partial charge in [-0.1, -0.05) is 62.3 Å². The Bertz CT molecular complexity index is 2710. The van der Waals surface area contributed by atoms with E-state index in [0.717, 1.165) is 0 Å². The summed E-state index contributed by atoms with van der Waals surface area (Å²) < 4.78 is 1.63. The summed E-state index contributed by atoms with van der Waals surface area (Å²) in [4.78, 5) is 131. The summed E-state index contributed by atoms with van der Waals surface area (Å²) in [6.07, 6.45) is 0.568. The first-order valence-electron chi connectivity index (χ1n) is 30.4. The molecule has 3 aromatic rings. The van der Waals surface area contributed by atoms with Crippen LogP contribution in [0.25, 0.3) is 0 Å². The minimum atomic E-state index is -0.662. The molecule has 0 aliphatic carbocycles. The van der Waals surface area contributed by atoms with E-state index in [1.165, 1.54) is 0 Å². The molecule has 3 atom stereocenters. The summed E-state index contributed by atoms with van der Waals surface area (Å²) in [7, 11) is 0. The van der Waals surface area contributed by atoms with E-state index in [4.69, 9.17) is 0 Å². The molecular weight excluding hydrogens is 1140 g/mol. The lowest BCUT2D eigenvalue weighted by atomic mass is 9.86. The first kappa shape index (κ1) is 75.0. The van der Waals surface area contributed by atoms with Gasteiger partial charge in [0.15, 0.2) is 0 Å². The molecule has 12 N–H and O–H groups in total. The van der Waals surface area contributed by atoms with Crippen LogP contribution in [0.2, 0.25) is 0 Å². The van der Waals surface area contributed by atoms with Crippen LogP contribution >= 0.6 is 0 Å². The SMILES string of the molecule is Cc1nc(CCC(=O)N[C@H](CNCCC(=O)NCCN(CCNC(=O)CCNC[C@@H](NC(=O)CCc2nc(C)c(C)n(O)c2=O)C(C)(C)C)CCNC(=O)CCNC[C@@H](NC(=O)CCc2nc(C)c(C)n(O)c2=O)C(C)(C)C)C(C)(C)C)c(=O)n(O)c1C. The lowest BCUT2D eigenvalue weighted by Crippen LogP contribution is -2.50. The maximum absolute atomic E-state index is 13.1. The predicted molar refractivity (Wildman–Crippen MR) is 333 cm³/mol. The van der Waals surface area contributed by atoms with Crippen LogP contribution < -0.4 is 64.5 Å². The minimum Gasteiger partial charge on any atom is -0.425 e. The van der Waals surface area contributed by atoms with Crippen LogP contribution in [0.15, 0.2) is 14.4 Å². The lowest BCUT2D eigenvalue weighted by molar-refractivity contribution is -0.123. The van der Waals surface area contributed by atoms with Gasteiger partial charge in [0.1, 0.15) is 17.1 Å². The van der Waals surface area contributed by atoms with E-state index in [0.29, 0.717) is 107 Å². The van der Waals surface area contributed by atoms with Gasteiger partial charge in [0.25, 0.3) is 0 Å².